The minimum atomic E-state index is -0.847. The van der Waals surface area contributed by atoms with E-state index in [-0.39, 0.29) is 17.1 Å². The van der Waals surface area contributed by atoms with Crippen LogP contribution < -0.4 is 5.32 Å². The van der Waals surface area contributed by atoms with Crippen LogP contribution in [0, 0.1) is 24.0 Å². The van der Waals surface area contributed by atoms with Crippen molar-refractivity contribution >= 4 is 23.3 Å². The van der Waals surface area contributed by atoms with Crippen molar-refractivity contribution in [3.63, 3.8) is 0 Å². The van der Waals surface area contributed by atoms with Crippen molar-refractivity contribution in [1.29, 1.82) is 0 Å². The second-order valence-electron chi connectivity index (χ2n) is 4.36. The fourth-order valence-corrected chi connectivity index (χ4v) is 1.68. The third-order valence-electron chi connectivity index (χ3n) is 3.04. The number of hydrogen-bond acceptors (Lipinski definition) is 7. The molecule has 0 radical (unpaired) electrons. The molecule has 1 aromatic rings. The van der Waals surface area contributed by atoms with Crippen molar-refractivity contribution in [2.24, 2.45) is 0 Å². The summed E-state index contributed by atoms with van der Waals surface area (Å²) in [6.07, 6.45) is 0.872. The first-order chi connectivity index (χ1) is 10.3. The SMILES string of the molecule is COC(=O)/C=C(/Nc1c([N+](=O)[O-])ccc(C)c1C)C(=O)OC. The molecule has 22 heavy (non-hydrogen) atoms. The van der Waals surface area contributed by atoms with Gasteiger partial charge in [0.15, 0.2) is 0 Å². The van der Waals surface area contributed by atoms with Gasteiger partial charge >= 0.3 is 11.9 Å². The molecule has 0 aliphatic carbocycles. The smallest absolute Gasteiger partial charge is 0.354 e. The van der Waals surface area contributed by atoms with Gasteiger partial charge in [-0.15, -0.1) is 0 Å². The van der Waals surface area contributed by atoms with Gasteiger partial charge in [0.2, 0.25) is 0 Å². The molecule has 1 N–H and O–H groups in total. The van der Waals surface area contributed by atoms with E-state index in [1.807, 2.05) is 0 Å². The molecule has 1 aromatic carbocycles. The Balaban J connectivity index is 3.38. The van der Waals surface area contributed by atoms with Crippen LogP contribution >= 0.6 is 0 Å². The van der Waals surface area contributed by atoms with Gasteiger partial charge in [-0.2, -0.15) is 0 Å². The Morgan fingerprint density at radius 2 is 1.86 bits per heavy atom. The largest absolute Gasteiger partial charge is 0.466 e. The molecular formula is C14H16N2O6. The summed E-state index contributed by atoms with van der Waals surface area (Å²) >= 11 is 0. The number of rotatable bonds is 5. The molecule has 0 aromatic heterocycles. The number of hydrogen-bond donors (Lipinski definition) is 1. The molecular weight excluding hydrogens is 292 g/mol. The third kappa shape index (κ3) is 3.81. The summed E-state index contributed by atoms with van der Waals surface area (Å²) in [7, 11) is 2.28. The van der Waals surface area contributed by atoms with Gasteiger partial charge in [-0.3, -0.25) is 10.1 Å². The average Bonchev–Trinajstić information content (AvgIpc) is 2.49. The first-order valence-corrected chi connectivity index (χ1v) is 6.21. The molecule has 0 unspecified atom stereocenters. The lowest BCUT2D eigenvalue weighted by molar-refractivity contribution is -0.384. The van der Waals surface area contributed by atoms with E-state index >= 15 is 0 Å². The van der Waals surface area contributed by atoms with Gasteiger partial charge in [0.05, 0.1) is 25.2 Å². The zero-order valence-corrected chi connectivity index (χ0v) is 12.6. The Morgan fingerprint density at radius 1 is 1.23 bits per heavy atom. The number of ether oxygens (including phenoxy) is 2. The third-order valence-corrected chi connectivity index (χ3v) is 3.04. The molecule has 8 heteroatoms. The van der Waals surface area contributed by atoms with E-state index in [1.54, 1.807) is 19.9 Å². The van der Waals surface area contributed by atoms with Crippen LogP contribution in [0.5, 0.6) is 0 Å². The minimum absolute atomic E-state index is 0.116. The number of nitrogens with one attached hydrogen (secondary N) is 1. The van der Waals surface area contributed by atoms with Gasteiger partial charge in [-0.25, -0.2) is 9.59 Å². The quantitative estimate of drug-likeness (QED) is 0.383. The monoisotopic (exact) mass is 308 g/mol. The van der Waals surface area contributed by atoms with Crippen LogP contribution in [0.4, 0.5) is 11.4 Å². The normalized spacial score (nSPS) is 10.8. The molecule has 118 valence electrons. The number of carbonyl (C=O) groups is 2. The summed E-state index contributed by atoms with van der Waals surface area (Å²) in [5, 5.41) is 13.7. The Labute approximate surface area is 126 Å². The van der Waals surface area contributed by atoms with Gasteiger partial charge in [0, 0.05) is 6.07 Å². The molecule has 8 nitrogen and oxygen atoms in total. The minimum Gasteiger partial charge on any atom is -0.466 e. The average molecular weight is 308 g/mol. The van der Waals surface area contributed by atoms with Gasteiger partial charge < -0.3 is 14.8 Å². The molecule has 0 aliphatic rings. The summed E-state index contributed by atoms with van der Waals surface area (Å²) in [4.78, 5) is 33.6. The number of nitrogens with zero attached hydrogens (tertiary/aromatic N) is 1. The van der Waals surface area contributed by atoms with E-state index in [9.17, 15) is 19.7 Å². The van der Waals surface area contributed by atoms with Crippen LogP contribution in [0.1, 0.15) is 11.1 Å². The number of methoxy groups -OCH3 is 2. The molecule has 0 fully saturated rings. The molecule has 0 atom stereocenters. The van der Waals surface area contributed by atoms with Crippen LogP contribution in [0.25, 0.3) is 0 Å². The topological polar surface area (TPSA) is 108 Å². The summed E-state index contributed by atoms with van der Waals surface area (Å²) in [6, 6.07) is 2.91. The number of anilines is 1. The van der Waals surface area contributed by atoms with Crippen molar-refractivity contribution in [3.8, 4) is 0 Å². The predicted octanol–water partition coefficient (Wildman–Crippen LogP) is 1.85. The lowest BCUT2D eigenvalue weighted by Gasteiger charge is -2.13. The first kappa shape index (κ1) is 17.2. The Kier molecular flexibility index (Phi) is 5.62. The maximum absolute atomic E-state index is 11.7. The molecule has 0 aliphatic heterocycles. The van der Waals surface area contributed by atoms with Crippen LogP contribution in [0.3, 0.4) is 0 Å². The van der Waals surface area contributed by atoms with E-state index in [2.05, 4.69) is 14.8 Å². The van der Waals surface area contributed by atoms with Crippen molar-refractivity contribution in [1.82, 2.24) is 0 Å². The highest BCUT2D eigenvalue weighted by Gasteiger charge is 2.21. The van der Waals surface area contributed by atoms with Gasteiger partial charge in [-0.05, 0) is 25.0 Å². The second-order valence-corrected chi connectivity index (χ2v) is 4.36. The zero-order chi connectivity index (χ0) is 16.9. The fourth-order valence-electron chi connectivity index (χ4n) is 1.68. The number of nitro benzene ring substituents is 1. The molecule has 0 bridgehead atoms. The lowest BCUT2D eigenvalue weighted by atomic mass is 10.1. The maximum atomic E-state index is 11.7. The van der Waals surface area contributed by atoms with Crippen molar-refractivity contribution in [2.75, 3.05) is 19.5 Å². The summed E-state index contributed by atoms with van der Waals surface area (Å²) in [5.74, 6) is -1.64. The second kappa shape index (κ2) is 7.21. The highest BCUT2D eigenvalue weighted by molar-refractivity contribution is 5.99. The predicted molar refractivity (Wildman–Crippen MR) is 78.3 cm³/mol. The Bertz CT molecular complexity index is 651. The number of esters is 2. The van der Waals surface area contributed by atoms with Crippen molar-refractivity contribution in [2.45, 2.75) is 13.8 Å². The van der Waals surface area contributed by atoms with E-state index in [4.69, 9.17) is 0 Å². The number of benzene rings is 1. The number of carbonyl (C=O) groups excluding carboxylic acids is 2. The van der Waals surface area contributed by atoms with E-state index in [1.165, 1.54) is 6.07 Å². The van der Waals surface area contributed by atoms with Crippen LogP contribution in [0.2, 0.25) is 0 Å². The lowest BCUT2D eigenvalue weighted by Crippen LogP contribution is -2.17. The van der Waals surface area contributed by atoms with Gasteiger partial charge in [-0.1, -0.05) is 6.07 Å². The highest BCUT2D eigenvalue weighted by atomic mass is 16.6. The molecule has 0 saturated heterocycles. The fraction of sp³-hybridized carbons (Fsp3) is 0.286. The van der Waals surface area contributed by atoms with E-state index in [0.717, 1.165) is 25.9 Å². The summed E-state index contributed by atoms with van der Waals surface area (Å²) < 4.78 is 9.00. The molecule has 0 spiro atoms. The summed E-state index contributed by atoms with van der Waals surface area (Å²) in [6.45, 7) is 3.43. The van der Waals surface area contributed by atoms with Gasteiger partial charge in [0.25, 0.3) is 5.69 Å². The first-order valence-electron chi connectivity index (χ1n) is 6.21. The molecule has 0 heterocycles. The Morgan fingerprint density at radius 3 is 2.36 bits per heavy atom. The van der Waals surface area contributed by atoms with Crippen LogP contribution in [-0.4, -0.2) is 31.1 Å². The van der Waals surface area contributed by atoms with Crippen LogP contribution in [-0.2, 0) is 19.1 Å². The van der Waals surface area contributed by atoms with Gasteiger partial charge in [0.1, 0.15) is 11.4 Å². The number of aryl methyl sites for hydroxylation is 1. The molecule has 0 amide bonds. The summed E-state index contributed by atoms with van der Waals surface area (Å²) in [5.41, 5.74) is 1.00. The van der Waals surface area contributed by atoms with Crippen molar-refractivity contribution in [3.05, 3.63) is 45.1 Å². The maximum Gasteiger partial charge on any atom is 0.354 e. The van der Waals surface area contributed by atoms with Crippen molar-refractivity contribution < 1.29 is 24.0 Å². The standard InChI is InChI=1S/C14H16N2O6/c1-8-5-6-11(16(19)20)13(9(8)2)15-10(14(18)22-4)7-12(17)21-3/h5-7,15H,1-4H3/b10-7+. The van der Waals surface area contributed by atoms with E-state index in [0.29, 0.717) is 5.56 Å². The highest BCUT2D eigenvalue weighted by Crippen LogP contribution is 2.31. The van der Waals surface area contributed by atoms with Crippen LogP contribution in [0.15, 0.2) is 23.9 Å². The molecule has 0 saturated carbocycles. The molecule has 1 rings (SSSR count). The Hall–Kier alpha value is -2.90. The zero-order valence-electron chi connectivity index (χ0n) is 12.6. The number of nitro groups is 1. The van der Waals surface area contributed by atoms with E-state index < -0.39 is 16.9 Å².